The van der Waals surface area contributed by atoms with E-state index in [1.54, 1.807) is 24.3 Å². The summed E-state index contributed by atoms with van der Waals surface area (Å²) in [5.41, 5.74) is 4.73. The van der Waals surface area contributed by atoms with Crippen LogP contribution in [0.3, 0.4) is 0 Å². The fourth-order valence-corrected chi connectivity index (χ4v) is 3.07. The highest BCUT2D eigenvalue weighted by Crippen LogP contribution is 2.32. The number of nitrogens with one attached hydrogen (secondary N) is 1. The molecule has 0 fully saturated rings. The number of hydrogen-bond donors (Lipinski definition) is 3. The maximum Gasteiger partial charge on any atom is 0.488 e. The van der Waals surface area contributed by atoms with E-state index in [9.17, 15) is 10.0 Å². The van der Waals surface area contributed by atoms with Crippen LogP contribution in [0.15, 0.2) is 60.7 Å². The van der Waals surface area contributed by atoms with E-state index < -0.39 is 7.12 Å². The molecule has 114 valence electrons. The monoisotopic (exact) mass is 312 g/mol. The summed E-state index contributed by atoms with van der Waals surface area (Å²) in [6.07, 6.45) is 0. The van der Waals surface area contributed by atoms with Crippen molar-refractivity contribution in [1.29, 1.82) is 5.26 Å². The molecule has 0 amide bonds. The van der Waals surface area contributed by atoms with Crippen LogP contribution in [0.1, 0.15) is 5.56 Å². The molecule has 24 heavy (non-hydrogen) atoms. The predicted molar refractivity (Wildman–Crippen MR) is 95.8 cm³/mol. The highest BCUT2D eigenvalue weighted by atomic mass is 16.4. The Morgan fingerprint density at radius 2 is 1.67 bits per heavy atom. The third kappa shape index (κ3) is 2.26. The van der Waals surface area contributed by atoms with E-state index in [0.717, 1.165) is 32.9 Å². The smallest absolute Gasteiger partial charge is 0.423 e. The van der Waals surface area contributed by atoms with Crippen LogP contribution >= 0.6 is 0 Å². The summed E-state index contributed by atoms with van der Waals surface area (Å²) in [6, 6.07) is 20.8. The molecule has 0 radical (unpaired) electrons. The molecule has 0 atom stereocenters. The molecule has 0 unspecified atom stereocenters. The van der Waals surface area contributed by atoms with Gasteiger partial charge in [-0.3, -0.25) is 0 Å². The number of rotatable bonds is 2. The number of fused-ring (bicyclic) bond motifs is 3. The van der Waals surface area contributed by atoms with Gasteiger partial charge in [-0.2, -0.15) is 5.26 Å². The van der Waals surface area contributed by atoms with Crippen LogP contribution in [0.4, 0.5) is 0 Å². The second-order valence-electron chi connectivity index (χ2n) is 5.72. The van der Waals surface area contributed by atoms with Gasteiger partial charge >= 0.3 is 7.12 Å². The van der Waals surface area contributed by atoms with E-state index in [4.69, 9.17) is 5.26 Å². The fraction of sp³-hybridized carbons (Fsp3) is 0. The van der Waals surface area contributed by atoms with E-state index >= 15 is 0 Å². The molecule has 4 aromatic rings. The van der Waals surface area contributed by atoms with Gasteiger partial charge in [-0.05, 0) is 29.2 Å². The number of aromatic nitrogens is 1. The quantitative estimate of drug-likeness (QED) is 0.498. The molecule has 1 heterocycles. The molecular weight excluding hydrogens is 299 g/mol. The van der Waals surface area contributed by atoms with Crippen molar-refractivity contribution in [3.05, 3.63) is 66.2 Å². The summed E-state index contributed by atoms with van der Waals surface area (Å²) in [4.78, 5) is 3.41. The largest absolute Gasteiger partial charge is 0.488 e. The molecule has 0 saturated carbocycles. The zero-order chi connectivity index (χ0) is 16.7. The molecule has 4 rings (SSSR count). The molecular formula is C19H13BN2O2. The zero-order valence-corrected chi connectivity index (χ0v) is 12.7. The second kappa shape index (κ2) is 5.53. The van der Waals surface area contributed by atoms with Gasteiger partial charge in [-0.15, -0.1) is 0 Å². The number of para-hydroxylation sites is 1. The van der Waals surface area contributed by atoms with Crippen LogP contribution in [-0.4, -0.2) is 22.2 Å². The van der Waals surface area contributed by atoms with E-state index in [1.807, 2.05) is 36.4 Å². The van der Waals surface area contributed by atoms with Crippen LogP contribution in [0.2, 0.25) is 0 Å². The first-order valence-electron chi connectivity index (χ1n) is 7.58. The van der Waals surface area contributed by atoms with Crippen molar-refractivity contribution in [2.75, 3.05) is 0 Å². The molecule has 0 aliphatic rings. The van der Waals surface area contributed by atoms with Crippen molar-refractivity contribution in [2.45, 2.75) is 0 Å². The third-order valence-electron chi connectivity index (χ3n) is 4.26. The Morgan fingerprint density at radius 1 is 0.917 bits per heavy atom. The molecule has 0 spiro atoms. The summed E-state index contributed by atoms with van der Waals surface area (Å²) in [7, 11) is -1.54. The summed E-state index contributed by atoms with van der Waals surface area (Å²) in [5.74, 6) is 0. The first-order chi connectivity index (χ1) is 11.7. The normalized spacial score (nSPS) is 10.9. The van der Waals surface area contributed by atoms with Crippen molar-refractivity contribution in [1.82, 2.24) is 4.98 Å². The number of H-pyrrole nitrogens is 1. The molecule has 4 nitrogen and oxygen atoms in total. The Balaban J connectivity index is 2.07. The SMILES string of the molecule is N#Cc1ccc(-c2cc(B(O)O)cc3c2[nH]c2ccccc23)cc1. The summed E-state index contributed by atoms with van der Waals surface area (Å²) >= 11 is 0. The van der Waals surface area contributed by atoms with Gasteiger partial charge in [0.05, 0.1) is 17.1 Å². The van der Waals surface area contributed by atoms with E-state index in [2.05, 4.69) is 11.1 Å². The topological polar surface area (TPSA) is 80.0 Å². The zero-order valence-electron chi connectivity index (χ0n) is 12.7. The fourth-order valence-electron chi connectivity index (χ4n) is 3.07. The highest BCUT2D eigenvalue weighted by molar-refractivity contribution is 6.59. The van der Waals surface area contributed by atoms with Crippen molar-refractivity contribution in [2.24, 2.45) is 0 Å². The van der Waals surface area contributed by atoms with Gasteiger partial charge in [0.15, 0.2) is 0 Å². The van der Waals surface area contributed by atoms with E-state index in [0.29, 0.717) is 11.0 Å². The van der Waals surface area contributed by atoms with Gasteiger partial charge in [0.25, 0.3) is 0 Å². The van der Waals surface area contributed by atoms with Crippen molar-refractivity contribution < 1.29 is 10.0 Å². The molecule has 1 aromatic heterocycles. The average molecular weight is 312 g/mol. The van der Waals surface area contributed by atoms with Gasteiger partial charge in [0.2, 0.25) is 0 Å². The molecule has 0 aliphatic heterocycles. The van der Waals surface area contributed by atoms with Crippen LogP contribution < -0.4 is 5.46 Å². The number of hydrogen-bond acceptors (Lipinski definition) is 3. The second-order valence-corrected chi connectivity index (χ2v) is 5.72. The molecule has 3 aromatic carbocycles. The molecule has 3 N–H and O–H groups in total. The first kappa shape index (κ1) is 14.5. The highest BCUT2D eigenvalue weighted by Gasteiger charge is 2.17. The van der Waals surface area contributed by atoms with Crippen molar-refractivity contribution >= 4 is 34.4 Å². The van der Waals surface area contributed by atoms with Gasteiger partial charge in [0, 0.05) is 21.9 Å². The molecule has 5 heteroatoms. The van der Waals surface area contributed by atoms with Crippen LogP contribution in [0, 0.1) is 11.3 Å². The predicted octanol–water partition coefficient (Wildman–Crippen LogP) is 2.54. The van der Waals surface area contributed by atoms with E-state index in [1.165, 1.54) is 0 Å². The summed E-state index contributed by atoms with van der Waals surface area (Å²) < 4.78 is 0. The minimum absolute atomic E-state index is 0.437. The number of nitrogens with zero attached hydrogens (tertiary/aromatic N) is 1. The Labute approximate surface area is 138 Å². The standard InChI is InChI=1S/C19H13BN2O2/c21-11-12-5-7-13(8-6-12)16-9-14(20(23)24)10-17-15-3-1-2-4-18(15)22-19(16)17/h1-10,22-24H. The number of benzene rings is 3. The number of aromatic amines is 1. The lowest BCUT2D eigenvalue weighted by atomic mass is 9.78. The summed E-state index contributed by atoms with van der Waals surface area (Å²) in [5, 5.41) is 30.2. The minimum atomic E-state index is -1.54. The van der Waals surface area contributed by atoms with Gasteiger partial charge in [-0.25, -0.2) is 0 Å². The Bertz CT molecular complexity index is 1090. The van der Waals surface area contributed by atoms with Gasteiger partial charge in [0.1, 0.15) is 0 Å². The van der Waals surface area contributed by atoms with Crippen LogP contribution in [0.5, 0.6) is 0 Å². The lowest BCUT2D eigenvalue weighted by Gasteiger charge is -2.08. The lowest BCUT2D eigenvalue weighted by molar-refractivity contribution is 0.426. The molecule has 0 bridgehead atoms. The summed E-state index contributed by atoms with van der Waals surface area (Å²) in [6.45, 7) is 0. The Hall–Kier alpha value is -3.07. The average Bonchev–Trinajstić information content (AvgIpc) is 2.99. The van der Waals surface area contributed by atoms with Crippen molar-refractivity contribution in [3.8, 4) is 17.2 Å². The molecule has 0 saturated heterocycles. The van der Waals surface area contributed by atoms with E-state index in [-0.39, 0.29) is 0 Å². The lowest BCUT2D eigenvalue weighted by Crippen LogP contribution is -2.29. The van der Waals surface area contributed by atoms with Crippen LogP contribution in [-0.2, 0) is 0 Å². The van der Waals surface area contributed by atoms with Gasteiger partial charge < -0.3 is 15.0 Å². The number of nitriles is 1. The van der Waals surface area contributed by atoms with Crippen molar-refractivity contribution in [3.63, 3.8) is 0 Å². The van der Waals surface area contributed by atoms with Crippen LogP contribution in [0.25, 0.3) is 32.9 Å². The Morgan fingerprint density at radius 3 is 2.38 bits per heavy atom. The maximum atomic E-state index is 9.65. The first-order valence-corrected chi connectivity index (χ1v) is 7.58. The maximum absolute atomic E-state index is 9.65. The molecule has 0 aliphatic carbocycles. The van der Waals surface area contributed by atoms with Gasteiger partial charge in [-0.1, -0.05) is 42.5 Å². The minimum Gasteiger partial charge on any atom is -0.423 e. The Kier molecular flexibility index (Phi) is 3.35. The third-order valence-corrected chi connectivity index (χ3v) is 4.26.